The van der Waals surface area contributed by atoms with E-state index in [0.29, 0.717) is 29.5 Å². The van der Waals surface area contributed by atoms with Gasteiger partial charge in [-0.25, -0.2) is 0 Å². The highest BCUT2D eigenvalue weighted by Gasteiger charge is 2.11. The smallest absolute Gasteiger partial charge is 0.262 e. The van der Waals surface area contributed by atoms with Crippen LogP contribution in [-0.2, 0) is 11.2 Å². The second-order valence-corrected chi connectivity index (χ2v) is 5.07. The van der Waals surface area contributed by atoms with Gasteiger partial charge in [0.1, 0.15) is 11.6 Å². The minimum absolute atomic E-state index is 0.0557. The summed E-state index contributed by atoms with van der Waals surface area (Å²) in [7, 11) is 3.17. The first-order chi connectivity index (χ1) is 10.6. The monoisotopic (exact) mass is 321 g/mol. The maximum absolute atomic E-state index is 11.2. The Morgan fingerprint density at radius 1 is 1.36 bits per heavy atom. The molecule has 0 unspecified atom stereocenters. The number of hydrogen-bond acceptors (Lipinski definition) is 6. The zero-order chi connectivity index (χ0) is 16.5. The standard InChI is InChI=1S/C15H19N3O3S/c1-20-12-5-4-10(8-13(12)21-2)6-7-18-15(22-3)11(9-16)14(17)19/h4-5,8,18H,6-7H2,1-3H3,(H2,17,19)/b15-11+. The molecule has 0 bridgehead atoms. The number of hydrogen-bond donors (Lipinski definition) is 2. The lowest BCUT2D eigenvalue weighted by Gasteiger charge is -2.12. The number of carbonyl (C=O) groups excluding carboxylic acids is 1. The molecule has 0 aliphatic rings. The van der Waals surface area contributed by atoms with Gasteiger partial charge in [-0.1, -0.05) is 6.07 Å². The van der Waals surface area contributed by atoms with E-state index in [1.807, 2.05) is 24.3 Å². The number of nitrogens with two attached hydrogens (primary N) is 1. The first kappa shape index (κ1) is 17.7. The van der Waals surface area contributed by atoms with Crippen LogP contribution in [0.2, 0.25) is 0 Å². The maximum Gasteiger partial charge on any atom is 0.262 e. The van der Waals surface area contributed by atoms with Crippen molar-refractivity contribution in [3.8, 4) is 17.6 Å². The third-order valence-corrected chi connectivity index (χ3v) is 3.69. The van der Waals surface area contributed by atoms with E-state index in [1.165, 1.54) is 11.8 Å². The van der Waals surface area contributed by atoms with Gasteiger partial charge in [0.25, 0.3) is 5.91 Å². The van der Waals surface area contributed by atoms with Gasteiger partial charge in [0.15, 0.2) is 11.5 Å². The lowest BCUT2D eigenvalue weighted by molar-refractivity contribution is -0.114. The zero-order valence-corrected chi connectivity index (χ0v) is 13.6. The van der Waals surface area contributed by atoms with Crippen molar-refractivity contribution in [2.75, 3.05) is 27.0 Å². The van der Waals surface area contributed by atoms with E-state index in [-0.39, 0.29) is 5.57 Å². The highest BCUT2D eigenvalue weighted by Crippen LogP contribution is 2.27. The fraction of sp³-hybridized carbons (Fsp3) is 0.333. The Bertz CT molecular complexity index is 609. The molecular formula is C15H19N3O3S. The lowest BCUT2D eigenvalue weighted by Crippen LogP contribution is -2.22. The summed E-state index contributed by atoms with van der Waals surface area (Å²) in [5, 5.41) is 12.5. The van der Waals surface area contributed by atoms with Crippen molar-refractivity contribution in [3.05, 3.63) is 34.4 Å². The van der Waals surface area contributed by atoms with Crippen LogP contribution < -0.4 is 20.5 Å². The number of nitriles is 1. The molecule has 0 saturated heterocycles. The van der Waals surface area contributed by atoms with Crippen molar-refractivity contribution in [1.82, 2.24) is 5.32 Å². The van der Waals surface area contributed by atoms with Crippen molar-refractivity contribution >= 4 is 17.7 Å². The number of primary amides is 1. The SMILES string of the molecule is COc1ccc(CCN/C(SC)=C(/C#N)C(N)=O)cc1OC. The molecule has 0 saturated carbocycles. The molecule has 1 aromatic carbocycles. The quantitative estimate of drug-likeness (QED) is 0.555. The highest BCUT2D eigenvalue weighted by molar-refractivity contribution is 8.02. The normalized spacial score (nSPS) is 11.2. The molecule has 0 spiro atoms. The van der Waals surface area contributed by atoms with Crippen molar-refractivity contribution < 1.29 is 14.3 Å². The molecule has 0 radical (unpaired) electrons. The number of nitrogens with one attached hydrogen (secondary N) is 1. The summed E-state index contributed by atoms with van der Waals surface area (Å²) in [6, 6.07) is 7.48. The predicted octanol–water partition coefficient (Wildman–Crippen LogP) is 1.42. The van der Waals surface area contributed by atoms with Crippen molar-refractivity contribution in [1.29, 1.82) is 5.26 Å². The van der Waals surface area contributed by atoms with E-state index in [4.69, 9.17) is 20.5 Å². The van der Waals surface area contributed by atoms with E-state index in [1.54, 1.807) is 20.5 Å². The number of amides is 1. The van der Waals surface area contributed by atoms with Gasteiger partial charge >= 0.3 is 0 Å². The van der Waals surface area contributed by atoms with Crippen LogP contribution in [0.4, 0.5) is 0 Å². The maximum atomic E-state index is 11.2. The number of rotatable bonds is 8. The fourth-order valence-electron chi connectivity index (χ4n) is 1.84. The number of thioether (sulfide) groups is 1. The Balaban J connectivity index is 2.75. The van der Waals surface area contributed by atoms with Crippen LogP contribution in [0.3, 0.4) is 0 Å². The Labute approximate surface area is 134 Å². The largest absolute Gasteiger partial charge is 0.493 e. The molecule has 1 aromatic rings. The highest BCUT2D eigenvalue weighted by atomic mass is 32.2. The van der Waals surface area contributed by atoms with Crippen molar-refractivity contribution in [3.63, 3.8) is 0 Å². The minimum atomic E-state index is -0.731. The summed E-state index contributed by atoms with van der Waals surface area (Å²) in [5.74, 6) is 0.602. The molecule has 0 aromatic heterocycles. The minimum Gasteiger partial charge on any atom is -0.493 e. The van der Waals surface area contributed by atoms with Crippen LogP contribution in [0, 0.1) is 11.3 Å². The van der Waals surface area contributed by atoms with Crippen LogP contribution in [0.1, 0.15) is 5.56 Å². The summed E-state index contributed by atoms with van der Waals surface area (Å²) in [4.78, 5) is 11.2. The first-order valence-electron chi connectivity index (χ1n) is 6.50. The van der Waals surface area contributed by atoms with Gasteiger partial charge in [-0.3, -0.25) is 4.79 Å². The molecule has 118 valence electrons. The molecule has 6 nitrogen and oxygen atoms in total. The van der Waals surface area contributed by atoms with Crippen LogP contribution in [0.5, 0.6) is 11.5 Å². The summed E-state index contributed by atoms with van der Waals surface area (Å²) in [6.07, 6.45) is 2.47. The number of nitrogens with zero attached hydrogens (tertiary/aromatic N) is 1. The van der Waals surface area contributed by atoms with Gasteiger partial charge in [-0.05, 0) is 30.4 Å². The molecule has 22 heavy (non-hydrogen) atoms. The predicted molar refractivity (Wildman–Crippen MR) is 86.6 cm³/mol. The molecule has 1 rings (SSSR count). The Morgan fingerprint density at radius 3 is 2.55 bits per heavy atom. The number of methoxy groups -OCH3 is 2. The summed E-state index contributed by atoms with van der Waals surface area (Å²) >= 11 is 1.28. The molecule has 0 fully saturated rings. The van der Waals surface area contributed by atoms with Gasteiger partial charge in [0.2, 0.25) is 0 Å². The number of ether oxygens (including phenoxy) is 2. The van der Waals surface area contributed by atoms with Crippen LogP contribution in [0.25, 0.3) is 0 Å². The molecule has 0 atom stereocenters. The first-order valence-corrected chi connectivity index (χ1v) is 7.72. The van der Waals surface area contributed by atoms with Crippen molar-refractivity contribution in [2.24, 2.45) is 5.73 Å². The van der Waals surface area contributed by atoms with E-state index in [2.05, 4.69) is 5.32 Å². The molecule has 1 amide bonds. The Hall–Kier alpha value is -2.33. The molecule has 0 aliphatic carbocycles. The Morgan fingerprint density at radius 2 is 2.05 bits per heavy atom. The molecule has 7 heteroatoms. The van der Waals surface area contributed by atoms with E-state index < -0.39 is 5.91 Å². The second kappa shape index (κ2) is 8.85. The van der Waals surface area contributed by atoms with Gasteiger partial charge in [-0.15, -0.1) is 11.8 Å². The van der Waals surface area contributed by atoms with Crippen molar-refractivity contribution in [2.45, 2.75) is 6.42 Å². The van der Waals surface area contributed by atoms with Crippen LogP contribution >= 0.6 is 11.8 Å². The molecule has 0 heterocycles. The van der Waals surface area contributed by atoms with Gasteiger partial charge in [0, 0.05) is 6.54 Å². The van der Waals surface area contributed by atoms with Crippen LogP contribution in [0.15, 0.2) is 28.8 Å². The average molecular weight is 321 g/mol. The van der Waals surface area contributed by atoms with E-state index >= 15 is 0 Å². The summed E-state index contributed by atoms with van der Waals surface area (Å²) in [6.45, 7) is 0.560. The van der Waals surface area contributed by atoms with Gasteiger partial charge in [-0.2, -0.15) is 5.26 Å². The molecule has 0 aliphatic heterocycles. The molecular weight excluding hydrogens is 302 g/mol. The average Bonchev–Trinajstić information content (AvgIpc) is 2.53. The van der Waals surface area contributed by atoms with E-state index in [9.17, 15) is 4.79 Å². The van der Waals surface area contributed by atoms with Gasteiger partial charge in [0.05, 0.1) is 19.2 Å². The van der Waals surface area contributed by atoms with E-state index in [0.717, 1.165) is 5.56 Å². The topological polar surface area (TPSA) is 97.4 Å². The van der Waals surface area contributed by atoms with Crippen LogP contribution in [-0.4, -0.2) is 32.9 Å². The zero-order valence-electron chi connectivity index (χ0n) is 12.8. The summed E-state index contributed by atoms with van der Waals surface area (Å²) in [5.41, 5.74) is 6.16. The molecule has 3 N–H and O–H groups in total. The third kappa shape index (κ3) is 4.60. The number of benzene rings is 1. The second-order valence-electron chi connectivity index (χ2n) is 4.25. The third-order valence-electron chi connectivity index (χ3n) is 2.94. The Kier molecular flexibility index (Phi) is 7.13. The summed E-state index contributed by atoms with van der Waals surface area (Å²) < 4.78 is 10.4. The number of carbonyl (C=O) groups is 1. The van der Waals surface area contributed by atoms with Gasteiger partial charge < -0.3 is 20.5 Å². The fourth-order valence-corrected chi connectivity index (χ4v) is 2.43. The lowest BCUT2D eigenvalue weighted by atomic mass is 10.1.